The summed E-state index contributed by atoms with van der Waals surface area (Å²) in [5.74, 6) is 1.10. The van der Waals surface area contributed by atoms with Crippen LogP contribution < -0.4 is 4.74 Å². The molecule has 3 rings (SSSR count). The number of allylic oxidation sites excluding steroid dienone is 1. The Morgan fingerprint density at radius 3 is 2.14 bits per heavy atom. The van der Waals surface area contributed by atoms with E-state index in [1.807, 2.05) is 0 Å². The van der Waals surface area contributed by atoms with Crippen LogP contribution in [0.25, 0.3) is 5.57 Å². The van der Waals surface area contributed by atoms with Crippen molar-refractivity contribution in [2.24, 2.45) is 0 Å². The molecule has 1 aromatic carbocycles. The summed E-state index contributed by atoms with van der Waals surface area (Å²) >= 11 is 0. The monoisotopic (exact) mass is 314 g/mol. The first-order chi connectivity index (χ1) is 10.4. The predicted octanol–water partition coefficient (Wildman–Crippen LogP) is 6.29. The highest BCUT2D eigenvalue weighted by Crippen LogP contribution is 2.63. The molecule has 1 nitrogen and oxygen atoms in total. The lowest BCUT2D eigenvalue weighted by Crippen LogP contribution is -2.52. The summed E-state index contributed by atoms with van der Waals surface area (Å²) in [6, 6.07) is 8.67. The molecule has 1 aliphatic carbocycles. The van der Waals surface area contributed by atoms with E-state index in [1.165, 1.54) is 12.0 Å². The van der Waals surface area contributed by atoms with Crippen LogP contribution in [0.2, 0.25) is 22.2 Å². The number of hydrogen-bond donors (Lipinski definition) is 0. The molecule has 0 radical (unpaired) electrons. The highest BCUT2D eigenvalue weighted by Gasteiger charge is 2.54. The molecule has 1 atom stereocenters. The van der Waals surface area contributed by atoms with Crippen LogP contribution in [0.3, 0.4) is 0 Å². The third-order valence-electron chi connectivity index (χ3n) is 6.36. The van der Waals surface area contributed by atoms with Crippen LogP contribution in [0.4, 0.5) is 0 Å². The van der Waals surface area contributed by atoms with Gasteiger partial charge in [0.1, 0.15) is 12.4 Å². The number of fused-ring (bicyclic) bond motifs is 2. The van der Waals surface area contributed by atoms with Crippen molar-refractivity contribution in [2.75, 3.05) is 6.61 Å². The van der Waals surface area contributed by atoms with Crippen molar-refractivity contribution in [2.45, 2.75) is 70.1 Å². The first-order valence-corrected chi connectivity index (χ1v) is 11.2. The number of para-hydroxylation sites is 1. The van der Waals surface area contributed by atoms with Gasteiger partial charge in [-0.3, -0.25) is 0 Å². The van der Waals surface area contributed by atoms with Crippen molar-refractivity contribution >= 4 is 13.6 Å². The lowest BCUT2D eigenvalue weighted by atomic mass is 9.81. The van der Waals surface area contributed by atoms with Crippen LogP contribution in [-0.2, 0) is 0 Å². The summed E-state index contributed by atoms with van der Waals surface area (Å²) in [5, 5.41) is 0. The van der Waals surface area contributed by atoms with E-state index in [0.29, 0.717) is 0 Å². The topological polar surface area (TPSA) is 9.23 Å². The minimum Gasteiger partial charge on any atom is -0.489 e. The Labute approximate surface area is 136 Å². The van der Waals surface area contributed by atoms with Gasteiger partial charge in [0.25, 0.3) is 0 Å². The van der Waals surface area contributed by atoms with Gasteiger partial charge >= 0.3 is 0 Å². The zero-order chi connectivity index (χ0) is 16.1. The van der Waals surface area contributed by atoms with Crippen molar-refractivity contribution in [1.82, 2.24) is 0 Å². The van der Waals surface area contributed by atoms with E-state index in [1.54, 1.807) is 11.1 Å². The molecule has 120 valence electrons. The summed E-state index contributed by atoms with van der Waals surface area (Å²) in [5.41, 5.74) is 7.91. The molecule has 0 bridgehead atoms. The predicted molar refractivity (Wildman–Crippen MR) is 98.3 cm³/mol. The first-order valence-electron chi connectivity index (χ1n) is 8.84. The zero-order valence-corrected chi connectivity index (χ0v) is 15.9. The molecule has 0 saturated carbocycles. The molecule has 0 amide bonds. The SMILES string of the molecule is CC(C)[Si](C(C)C)(C(C)C)C1CC2=C1c1ccccc1OC2. The average Bonchev–Trinajstić information content (AvgIpc) is 2.42. The van der Waals surface area contributed by atoms with Crippen LogP contribution in [0, 0.1) is 0 Å². The molecule has 22 heavy (non-hydrogen) atoms. The van der Waals surface area contributed by atoms with Gasteiger partial charge < -0.3 is 4.74 Å². The van der Waals surface area contributed by atoms with Crippen molar-refractivity contribution in [3.63, 3.8) is 0 Å². The lowest BCUT2D eigenvalue weighted by Gasteiger charge is -2.55. The molecular formula is C20H30OSi. The van der Waals surface area contributed by atoms with Crippen LogP contribution in [0.5, 0.6) is 5.75 Å². The minimum atomic E-state index is -1.43. The van der Waals surface area contributed by atoms with Gasteiger partial charge in [0, 0.05) is 5.56 Å². The molecular weight excluding hydrogens is 284 g/mol. The summed E-state index contributed by atoms with van der Waals surface area (Å²) in [7, 11) is -1.43. The largest absolute Gasteiger partial charge is 0.489 e. The fourth-order valence-corrected chi connectivity index (χ4v) is 13.6. The number of ether oxygens (including phenoxy) is 1. The van der Waals surface area contributed by atoms with E-state index < -0.39 is 8.07 Å². The van der Waals surface area contributed by atoms with Gasteiger partial charge in [0.2, 0.25) is 0 Å². The number of benzene rings is 1. The zero-order valence-electron chi connectivity index (χ0n) is 14.9. The number of rotatable bonds is 4. The third kappa shape index (κ3) is 2.03. The van der Waals surface area contributed by atoms with E-state index in [9.17, 15) is 0 Å². The standard InChI is InChI=1S/C20H30OSi/c1-13(2)22(14(3)4,15(5)6)19-11-16-12-21-18-10-8-7-9-17(18)20(16)19/h7-10,13-15,19H,11-12H2,1-6H3. The van der Waals surface area contributed by atoms with Gasteiger partial charge in [-0.05, 0) is 29.2 Å². The summed E-state index contributed by atoms with van der Waals surface area (Å²) in [6.45, 7) is 15.7. The van der Waals surface area contributed by atoms with Crippen molar-refractivity contribution in [1.29, 1.82) is 0 Å². The van der Waals surface area contributed by atoms with Crippen LogP contribution in [0.15, 0.2) is 29.8 Å². The molecule has 0 saturated heterocycles. The molecule has 1 unspecified atom stereocenters. The summed E-state index contributed by atoms with van der Waals surface area (Å²) < 4.78 is 5.96. The van der Waals surface area contributed by atoms with Crippen molar-refractivity contribution in [3.05, 3.63) is 35.4 Å². The van der Waals surface area contributed by atoms with Gasteiger partial charge in [-0.2, -0.15) is 0 Å². The lowest BCUT2D eigenvalue weighted by molar-refractivity contribution is 0.332. The second-order valence-corrected chi connectivity index (χ2v) is 14.2. The van der Waals surface area contributed by atoms with Gasteiger partial charge in [-0.15, -0.1) is 0 Å². The maximum absolute atomic E-state index is 5.96. The maximum Gasteiger partial charge on any atom is 0.127 e. The Morgan fingerprint density at radius 1 is 0.955 bits per heavy atom. The average molecular weight is 315 g/mol. The second-order valence-electron chi connectivity index (χ2n) is 8.02. The molecule has 0 spiro atoms. The molecule has 2 heteroatoms. The van der Waals surface area contributed by atoms with Gasteiger partial charge in [-0.1, -0.05) is 76.4 Å². The van der Waals surface area contributed by atoms with E-state index >= 15 is 0 Å². The smallest absolute Gasteiger partial charge is 0.127 e. The van der Waals surface area contributed by atoms with E-state index in [-0.39, 0.29) is 0 Å². The number of hydrogen-bond acceptors (Lipinski definition) is 1. The Morgan fingerprint density at radius 2 is 1.55 bits per heavy atom. The first kappa shape index (κ1) is 15.9. The van der Waals surface area contributed by atoms with E-state index in [4.69, 9.17) is 4.74 Å². The molecule has 1 aliphatic heterocycles. The van der Waals surface area contributed by atoms with Crippen molar-refractivity contribution < 1.29 is 4.74 Å². The van der Waals surface area contributed by atoms with Crippen molar-refractivity contribution in [3.8, 4) is 5.75 Å². The molecule has 0 fully saturated rings. The quantitative estimate of drug-likeness (QED) is 0.594. The fraction of sp³-hybridized carbons (Fsp3) is 0.600. The highest BCUT2D eigenvalue weighted by atomic mass is 28.3. The molecule has 1 aromatic rings. The van der Waals surface area contributed by atoms with E-state index in [0.717, 1.165) is 34.5 Å². The van der Waals surface area contributed by atoms with Crippen LogP contribution in [-0.4, -0.2) is 14.7 Å². The fourth-order valence-electron chi connectivity index (χ4n) is 5.70. The molecule has 2 aliphatic rings. The van der Waals surface area contributed by atoms with Gasteiger partial charge in [0.15, 0.2) is 0 Å². The van der Waals surface area contributed by atoms with Gasteiger partial charge in [-0.25, -0.2) is 0 Å². The summed E-state index contributed by atoms with van der Waals surface area (Å²) in [6.07, 6.45) is 1.28. The molecule has 1 heterocycles. The summed E-state index contributed by atoms with van der Waals surface area (Å²) in [4.78, 5) is 0. The Hall–Kier alpha value is -1.02. The molecule has 0 N–H and O–H groups in total. The normalized spacial score (nSPS) is 20.9. The highest BCUT2D eigenvalue weighted by molar-refractivity contribution is 6.86. The van der Waals surface area contributed by atoms with Gasteiger partial charge in [0.05, 0.1) is 8.07 Å². The Kier molecular flexibility index (Phi) is 4.01. The maximum atomic E-state index is 5.96. The van der Waals surface area contributed by atoms with Crippen LogP contribution >= 0.6 is 0 Å². The molecule has 0 aromatic heterocycles. The minimum absolute atomic E-state index is 0.813. The Balaban J connectivity index is 2.09. The van der Waals surface area contributed by atoms with Crippen LogP contribution in [0.1, 0.15) is 53.5 Å². The van der Waals surface area contributed by atoms with E-state index in [2.05, 4.69) is 65.8 Å². The Bertz CT molecular complexity index is 576. The second kappa shape index (κ2) is 5.56. The third-order valence-corrected chi connectivity index (χ3v) is 14.1.